The van der Waals surface area contributed by atoms with Gasteiger partial charge in [0.25, 0.3) is 5.91 Å². The fourth-order valence-corrected chi connectivity index (χ4v) is 4.52. The van der Waals surface area contributed by atoms with Crippen LogP contribution in [0.5, 0.6) is 5.75 Å². The monoisotopic (exact) mass is 420 g/mol. The highest BCUT2D eigenvalue weighted by atomic mass is 16.5. The van der Waals surface area contributed by atoms with Gasteiger partial charge < -0.3 is 20.1 Å². The minimum Gasteiger partial charge on any atom is -0.493 e. The van der Waals surface area contributed by atoms with E-state index in [0.717, 1.165) is 63.7 Å². The first-order valence-corrected chi connectivity index (χ1v) is 11.7. The average Bonchev–Trinajstić information content (AvgIpc) is 3.55. The Balaban J connectivity index is 1.12. The normalized spacial score (nSPS) is 21.0. The molecule has 2 aromatic carbocycles. The number of rotatable bonds is 8. The molecule has 2 fully saturated rings. The van der Waals surface area contributed by atoms with Crippen LogP contribution in [0.2, 0.25) is 0 Å². The topological polar surface area (TPSA) is 59.6 Å². The predicted molar refractivity (Wildman–Crippen MR) is 120 cm³/mol. The molecule has 2 N–H and O–H groups in total. The molecule has 164 valence electrons. The maximum atomic E-state index is 12.7. The van der Waals surface area contributed by atoms with Crippen molar-refractivity contribution in [2.45, 2.75) is 57.2 Å². The van der Waals surface area contributed by atoms with Crippen molar-refractivity contribution >= 4 is 5.91 Å². The Hall–Kier alpha value is -2.37. The zero-order valence-electron chi connectivity index (χ0n) is 18.1. The number of amides is 1. The van der Waals surface area contributed by atoms with Gasteiger partial charge in [-0.25, -0.2) is 0 Å². The maximum Gasteiger partial charge on any atom is 0.251 e. The first-order chi connectivity index (χ1) is 15.2. The summed E-state index contributed by atoms with van der Waals surface area (Å²) >= 11 is 0. The Labute approximate surface area is 184 Å². The molecule has 3 aliphatic rings. The van der Waals surface area contributed by atoms with Crippen molar-refractivity contribution in [1.82, 2.24) is 10.6 Å². The van der Waals surface area contributed by atoms with Gasteiger partial charge in [0.1, 0.15) is 5.75 Å². The van der Waals surface area contributed by atoms with Crippen molar-refractivity contribution in [1.29, 1.82) is 0 Å². The second-order valence-electron chi connectivity index (χ2n) is 9.23. The summed E-state index contributed by atoms with van der Waals surface area (Å²) in [6.45, 7) is 3.40. The van der Waals surface area contributed by atoms with E-state index in [1.165, 1.54) is 29.5 Å². The summed E-state index contributed by atoms with van der Waals surface area (Å²) in [5.41, 5.74) is 4.72. The van der Waals surface area contributed by atoms with Crippen LogP contribution in [0.4, 0.5) is 0 Å². The summed E-state index contributed by atoms with van der Waals surface area (Å²) in [7, 11) is 0. The lowest BCUT2D eigenvalue weighted by Gasteiger charge is -2.23. The van der Waals surface area contributed by atoms with E-state index in [4.69, 9.17) is 9.47 Å². The Kier molecular flexibility index (Phi) is 6.23. The van der Waals surface area contributed by atoms with Gasteiger partial charge in [-0.3, -0.25) is 4.79 Å². The van der Waals surface area contributed by atoms with E-state index in [1.54, 1.807) is 0 Å². The molecule has 31 heavy (non-hydrogen) atoms. The Morgan fingerprint density at radius 1 is 0.935 bits per heavy atom. The first-order valence-electron chi connectivity index (χ1n) is 11.7. The third-order valence-electron chi connectivity index (χ3n) is 6.65. The van der Waals surface area contributed by atoms with E-state index >= 15 is 0 Å². The molecule has 2 aliphatic carbocycles. The molecule has 0 radical (unpaired) electrons. The summed E-state index contributed by atoms with van der Waals surface area (Å²) in [4.78, 5) is 12.7. The fraction of sp³-hybridized carbons (Fsp3) is 0.500. The summed E-state index contributed by atoms with van der Waals surface area (Å²) < 4.78 is 11.2. The Morgan fingerprint density at radius 3 is 2.48 bits per heavy atom. The number of ether oxygens (including phenoxy) is 2. The maximum absolute atomic E-state index is 12.7. The number of nitrogens with one attached hydrogen (secondary N) is 2. The third kappa shape index (κ3) is 5.46. The fourth-order valence-electron chi connectivity index (χ4n) is 4.52. The molecule has 5 heteroatoms. The van der Waals surface area contributed by atoms with Crippen molar-refractivity contribution < 1.29 is 14.3 Å². The van der Waals surface area contributed by atoms with E-state index in [2.05, 4.69) is 28.8 Å². The zero-order chi connectivity index (χ0) is 21.0. The van der Waals surface area contributed by atoms with Crippen LogP contribution < -0.4 is 15.4 Å². The number of fused-ring (bicyclic) bond motifs is 1. The molecule has 0 spiro atoms. The van der Waals surface area contributed by atoms with Gasteiger partial charge in [0, 0.05) is 37.4 Å². The molecular formula is C26H32N2O3. The van der Waals surface area contributed by atoms with Crippen molar-refractivity contribution in [3.05, 3.63) is 64.7 Å². The smallest absolute Gasteiger partial charge is 0.251 e. The van der Waals surface area contributed by atoms with Crippen LogP contribution in [0, 0.1) is 5.92 Å². The molecule has 2 aromatic rings. The Bertz CT molecular complexity index is 901. The third-order valence-corrected chi connectivity index (χ3v) is 6.65. The van der Waals surface area contributed by atoms with E-state index < -0.39 is 0 Å². The number of carbonyl (C=O) groups is 1. The lowest BCUT2D eigenvalue weighted by molar-refractivity contribution is 0.0776. The van der Waals surface area contributed by atoms with Crippen LogP contribution in [0.25, 0.3) is 0 Å². The van der Waals surface area contributed by atoms with Crippen LogP contribution in [0.15, 0.2) is 42.5 Å². The molecule has 0 aromatic heterocycles. The molecule has 5 nitrogen and oxygen atoms in total. The molecular weight excluding hydrogens is 388 g/mol. The van der Waals surface area contributed by atoms with Gasteiger partial charge in [0.15, 0.2) is 0 Å². The molecule has 1 saturated heterocycles. The predicted octanol–water partition coefficient (Wildman–Crippen LogP) is 3.64. The minimum absolute atomic E-state index is 0.00652. The van der Waals surface area contributed by atoms with Gasteiger partial charge in [-0.05, 0) is 85.4 Å². The average molecular weight is 421 g/mol. The van der Waals surface area contributed by atoms with Crippen LogP contribution in [-0.4, -0.2) is 37.8 Å². The first kappa shape index (κ1) is 20.5. The summed E-state index contributed by atoms with van der Waals surface area (Å²) in [6.07, 6.45) is 6.53. The highest BCUT2D eigenvalue weighted by Crippen LogP contribution is 2.29. The number of hydrogen-bond acceptors (Lipinski definition) is 4. The minimum atomic E-state index is -0.00652. The highest BCUT2D eigenvalue weighted by Gasteiger charge is 2.24. The Morgan fingerprint density at radius 2 is 1.71 bits per heavy atom. The summed E-state index contributed by atoms with van der Waals surface area (Å²) in [6, 6.07) is 15.0. The SMILES string of the molecule is O=C(NC1Cc2ccc(CNC3CCOCC3)cc2C1)c1ccc(OCC2CC2)cc1. The van der Waals surface area contributed by atoms with Crippen molar-refractivity contribution in [2.24, 2.45) is 5.92 Å². The van der Waals surface area contributed by atoms with Gasteiger partial charge >= 0.3 is 0 Å². The molecule has 5 rings (SSSR count). The molecule has 1 heterocycles. The lowest BCUT2D eigenvalue weighted by atomic mass is 10.1. The molecule has 1 amide bonds. The summed E-state index contributed by atoms with van der Waals surface area (Å²) in [5.74, 6) is 1.57. The standard InChI is InChI=1S/C26H32N2O3/c29-26(20-5-7-25(8-6-20)31-17-18-1-2-18)28-24-14-21-4-3-19(13-22(21)15-24)16-27-23-9-11-30-12-10-23/h3-8,13,18,23-24,27H,1-2,9-12,14-17H2,(H,28,29). The quantitative estimate of drug-likeness (QED) is 0.685. The number of benzene rings is 2. The van der Waals surface area contributed by atoms with Crippen LogP contribution >= 0.6 is 0 Å². The molecule has 1 aliphatic heterocycles. The van der Waals surface area contributed by atoms with Gasteiger partial charge in [0.05, 0.1) is 6.61 Å². The molecule has 0 bridgehead atoms. The van der Waals surface area contributed by atoms with Crippen LogP contribution in [-0.2, 0) is 24.1 Å². The van der Waals surface area contributed by atoms with E-state index in [9.17, 15) is 4.79 Å². The molecule has 1 unspecified atom stereocenters. The number of carbonyl (C=O) groups excluding carboxylic acids is 1. The molecule has 1 atom stereocenters. The lowest BCUT2D eigenvalue weighted by Crippen LogP contribution is -2.35. The van der Waals surface area contributed by atoms with E-state index in [1.807, 2.05) is 24.3 Å². The molecule has 1 saturated carbocycles. The van der Waals surface area contributed by atoms with Crippen molar-refractivity contribution in [3.63, 3.8) is 0 Å². The largest absolute Gasteiger partial charge is 0.493 e. The van der Waals surface area contributed by atoms with Crippen molar-refractivity contribution in [2.75, 3.05) is 19.8 Å². The van der Waals surface area contributed by atoms with Gasteiger partial charge in [-0.1, -0.05) is 18.2 Å². The van der Waals surface area contributed by atoms with Crippen molar-refractivity contribution in [3.8, 4) is 5.75 Å². The van der Waals surface area contributed by atoms with E-state index in [-0.39, 0.29) is 11.9 Å². The highest BCUT2D eigenvalue weighted by molar-refractivity contribution is 5.94. The van der Waals surface area contributed by atoms with Gasteiger partial charge in [-0.15, -0.1) is 0 Å². The zero-order valence-corrected chi connectivity index (χ0v) is 18.1. The second-order valence-corrected chi connectivity index (χ2v) is 9.23. The van der Waals surface area contributed by atoms with Gasteiger partial charge in [-0.2, -0.15) is 0 Å². The van der Waals surface area contributed by atoms with Crippen LogP contribution in [0.3, 0.4) is 0 Å². The number of hydrogen-bond donors (Lipinski definition) is 2. The summed E-state index contributed by atoms with van der Waals surface area (Å²) in [5, 5.41) is 6.87. The van der Waals surface area contributed by atoms with Crippen LogP contribution in [0.1, 0.15) is 52.7 Å². The second kappa shape index (κ2) is 9.41. The van der Waals surface area contributed by atoms with Gasteiger partial charge in [0.2, 0.25) is 0 Å². The van der Waals surface area contributed by atoms with E-state index in [0.29, 0.717) is 11.6 Å².